The highest BCUT2D eigenvalue weighted by molar-refractivity contribution is 9.10. The summed E-state index contributed by atoms with van der Waals surface area (Å²) < 4.78 is 2.51. The number of hydrogen-bond donors (Lipinski definition) is 1. The number of fused-ring (bicyclic) bond motifs is 1. The summed E-state index contributed by atoms with van der Waals surface area (Å²) in [6.07, 6.45) is 1.74. The molecule has 0 saturated carbocycles. The highest BCUT2D eigenvalue weighted by atomic mass is 79.9. The molecule has 1 N–H and O–H groups in total. The second-order valence-electron chi connectivity index (χ2n) is 2.63. The van der Waals surface area contributed by atoms with Crippen molar-refractivity contribution in [3.63, 3.8) is 0 Å². The lowest BCUT2D eigenvalue weighted by atomic mass is 10.3. The van der Waals surface area contributed by atoms with Crippen LogP contribution in [-0.4, -0.2) is 9.38 Å². The standard InChI is InChI=1S/C8H7BrN2O.C2H6/c1-5-7-6(9)3-2-4-11(7)8(12)10-5;1-2/h2-4H,1H3,(H,10,12);1-2H3. The average Bonchev–Trinajstić information content (AvgIpc) is 2.47. The second-order valence-corrected chi connectivity index (χ2v) is 3.48. The zero-order valence-electron chi connectivity index (χ0n) is 8.47. The first-order valence-corrected chi connectivity index (χ1v) is 5.35. The molecule has 0 unspecified atom stereocenters. The van der Waals surface area contributed by atoms with Crippen LogP contribution < -0.4 is 5.69 Å². The molecule has 2 heterocycles. The summed E-state index contributed by atoms with van der Waals surface area (Å²) in [5.74, 6) is 0. The zero-order chi connectivity index (χ0) is 10.7. The van der Waals surface area contributed by atoms with Crippen molar-refractivity contribution in [2.24, 2.45) is 0 Å². The molecule has 4 heteroatoms. The minimum Gasteiger partial charge on any atom is -0.309 e. The fourth-order valence-electron chi connectivity index (χ4n) is 1.29. The highest BCUT2D eigenvalue weighted by Gasteiger charge is 2.04. The van der Waals surface area contributed by atoms with Crippen LogP contribution in [0.2, 0.25) is 0 Å². The van der Waals surface area contributed by atoms with Crippen LogP contribution in [0.15, 0.2) is 27.6 Å². The van der Waals surface area contributed by atoms with E-state index in [1.807, 2.05) is 32.9 Å². The molecule has 0 aliphatic carbocycles. The Bertz CT molecular complexity index is 484. The van der Waals surface area contributed by atoms with Gasteiger partial charge in [-0.25, -0.2) is 4.79 Å². The molecule has 0 aromatic carbocycles. The van der Waals surface area contributed by atoms with Crippen LogP contribution in [0.1, 0.15) is 19.5 Å². The molecule has 0 aliphatic rings. The van der Waals surface area contributed by atoms with Crippen molar-refractivity contribution < 1.29 is 0 Å². The van der Waals surface area contributed by atoms with Crippen LogP contribution in [0.4, 0.5) is 0 Å². The SMILES string of the molecule is CC.Cc1[nH]c(=O)n2cccc(Br)c12. The molecular weight excluding hydrogens is 244 g/mol. The number of halogens is 1. The van der Waals surface area contributed by atoms with E-state index in [0.29, 0.717) is 0 Å². The Morgan fingerprint density at radius 1 is 1.43 bits per heavy atom. The Morgan fingerprint density at radius 2 is 2.07 bits per heavy atom. The van der Waals surface area contributed by atoms with E-state index in [1.54, 1.807) is 10.6 Å². The molecule has 0 spiro atoms. The fraction of sp³-hybridized carbons (Fsp3) is 0.300. The van der Waals surface area contributed by atoms with Gasteiger partial charge in [-0.3, -0.25) is 4.40 Å². The van der Waals surface area contributed by atoms with Gasteiger partial charge in [0.05, 0.1) is 5.52 Å². The summed E-state index contributed by atoms with van der Waals surface area (Å²) in [7, 11) is 0. The van der Waals surface area contributed by atoms with Crippen LogP contribution in [0.5, 0.6) is 0 Å². The summed E-state index contributed by atoms with van der Waals surface area (Å²) in [6, 6.07) is 3.74. The second kappa shape index (κ2) is 4.46. The first-order valence-electron chi connectivity index (χ1n) is 4.55. The minimum atomic E-state index is -0.0937. The lowest BCUT2D eigenvalue weighted by Gasteiger charge is -1.94. The predicted octanol–water partition coefficient (Wildman–Crippen LogP) is 2.72. The Kier molecular flexibility index (Phi) is 3.52. The third kappa shape index (κ3) is 1.75. The fourth-order valence-corrected chi connectivity index (χ4v) is 1.93. The molecule has 0 aliphatic heterocycles. The maximum absolute atomic E-state index is 11.2. The minimum absolute atomic E-state index is 0.0937. The van der Waals surface area contributed by atoms with Gasteiger partial charge in [-0.05, 0) is 35.0 Å². The lowest BCUT2D eigenvalue weighted by molar-refractivity contribution is 1.06. The summed E-state index contributed by atoms with van der Waals surface area (Å²) in [6.45, 7) is 5.88. The largest absolute Gasteiger partial charge is 0.330 e. The summed E-state index contributed by atoms with van der Waals surface area (Å²) in [5.41, 5.74) is 1.69. The van der Waals surface area contributed by atoms with Crippen molar-refractivity contribution in [2.45, 2.75) is 20.8 Å². The molecule has 2 aromatic rings. The maximum atomic E-state index is 11.2. The van der Waals surface area contributed by atoms with Gasteiger partial charge in [0.2, 0.25) is 0 Å². The first kappa shape index (κ1) is 11.0. The number of imidazole rings is 1. The van der Waals surface area contributed by atoms with Crippen molar-refractivity contribution >= 4 is 21.4 Å². The molecule has 3 nitrogen and oxygen atoms in total. The van der Waals surface area contributed by atoms with Crippen molar-refractivity contribution in [3.8, 4) is 0 Å². The van der Waals surface area contributed by atoms with E-state index in [4.69, 9.17) is 0 Å². The molecule has 76 valence electrons. The van der Waals surface area contributed by atoms with E-state index in [1.165, 1.54) is 0 Å². The van der Waals surface area contributed by atoms with Gasteiger partial charge < -0.3 is 4.98 Å². The normalized spacial score (nSPS) is 9.71. The van der Waals surface area contributed by atoms with Crippen molar-refractivity contribution in [1.29, 1.82) is 0 Å². The van der Waals surface area contributed by atoms with E-state index in [-0.39, 0.29) is 5.69 Å². The van der Waals surface area contributed by atoms with Gasteiger partial charge in [0.15, 0.2) is 0 Å². The van der Waals surface area contributed by atoms with Crippen LogP contribution in [0.3, 0.4) is 0 Å². The molecule has 0 amide bonds. The lowest BCUT2D eigenvalue weighted by Crippen LogP contribution is -2.08. The highest BCUT2D eigenvalue weighted by Crippen LogP contribution is 2.17. The first-order chi connectivity index (χ1) is 6.70. The van der Waals surface area contributed by atoms with E-state index in [2.05, 4.69) is 20.9 Å². The summed E-state index contributed by atoms with van der Waals surface area (Å²) in [5, 5.41) is 0. The topological polar surface area (TPSA) is 37.3 Å². The molecule has 0 atom stereocenters. The average molecular weight is 257 g/mol. The number of nitrogens with zero attached hydrogens (tertiary/aromatic N) is 1. The molecule has 0 bridgehead atoms. The van der Waals surface area contributed by atoms with Gasteiger partial charge in [-0.1, -0.05) is 13.8 Å². The number of hydrogen-bond acceptors (Lipinski definition) is 1. The smallest absolute Gasteiger partial charge is 0.309 e. The van der Waals surface area contributed by atoms with Crippen LogP contribution in [-0.2, 0) is 0 Å². The number of H-pyrrole nitrogens is 1. The number of rotatable bonds is 0. The molecule has 0 radical (unpaired) electrons. The van der Waals surface area contributed by atoms with Crippen molar-refractivity contribution in [1.82, 2.24) is 9.38 Å². The quantitative estimate of drug-likeness (QED) is 0.774. The van der Waals surface area contributed by atoms with E-state index in [9.17, 15) is 4.79 Å². The van der Waals surface area contributed by atoms with Crippen LogP contribution in [0, 0.1) is 6.92 Å². The summed E-state index contributed by atoms with van der Waals surface area (Å²) in [4.78, 5) is 14.0. The maximum Gasteiger partial charge on any atom is 0.330 e. The van der Waals surface area contributed by atoms with Gasteiger partial charge >= 0.3 is 5.69 Å². The molecule has 0 fully saturated rings. The Morgan fingerprint density at radius 3 is 2.64 bits per heavy atom. The van der Waals surface area contributed by atoms with Crippen molar-refractivity contribution in [2.75, 3.05) is 0 Å². The van der Waals surface area contributed by atoms with Gasteiger partial charge in [-0.15, -0.1) is 0 Å². The van der Waals surface area contributed by atoms with Crippen LogP contribution >= 0.6 is 15.9 Å². The van der Waals surface area contributed by atoms with Gasteiger partial charge in [-0.2, -0.15) is 0 Å². The van der Waals surface area contributed by atoms with Gasteiger partial charge in [0.25, 0.3) is 0 Å². The van der Waals surface area contributed by atoms with Crippen LogP contribution in [0.25, 0.3) is 5.52 Å². The van der Waals surface area contributed by atoms with E-state index in [0.717, 1.165) is 15.7 Å². The molecule has 14 heavy (non-hydrogen) atoms. The van der Waals surface area contributed by atoms with E-state index >= 15 is 0 Å². The Hall–Kier alpha value is -1.03. The molecule has 2 rings (SSSR count). The number of nitrogens with one attached hydrogen (secondary N) is 1. The predicted molar refractivity (Wildman–Crippen MR) is 61.8 cm³/mol. The van der Waals surface area contributed by atoms with E-state index < -0.39 is 0 Å². The third-order valence-electron chi connectivity index (χ3n) is 1.81. The molecule has 0 saturated heterocycles. The van der Waals surface area contributed by atoms with Crippen molar-refractivity contribution in [3.05, 3.63) is 39.0 Å². The number of aromatic nitrogens is 2. The third-order valence-corrected chi connectivity index (χ3v) is 2.45. The van der Waals surface area contributed by atoms with Gasteiger partial charge in [0, 0.05) is 16.4 Å². The number of aryl methyl sites for hydroxylation is 1. The summed E-state index contributed by atoms with van der Waals surface area (Å²) >= 11 is 3.38. The Balaban J connectivity index is 0.000000461. The monoisotopic (exact) mass is 256 g/mol. The molecule has 2 aromatic heterocycles. The Labute approximate surface area is 90.9 Å². The molecular formula is C10H13BrN2O. The number of pyridine rings is 1. The zero-order valence-corrected chi connectivity index (χ0v) is 10.1. The van der Waals surface area contributed by atoms with Gasteiger partial charge in [0.1, 0.15) is 0 Å². The number of aromatic amines is 1.